The van der Waals surface area contributed by atoms with E-state index in [9.17, 15) is 9.59 Å². The molecule has 0 saturated carbocycles. The van der Waals surface area contributed by atoms with Crippen LogP contribution in [0, 0.1) is 6.92 Å². The lowest BCUT2D eigenvalue weighted by molar-refractivity contribution is -0.119. The summed E-state index contributed by atoms with van der Waals surface area (Å²) in [5.74, 6) is 2.14. The second kappa shape index (κ2) is 9.19. The Morgan fingerprint density at radius 3 is 2.56 bits per heavy atom. The number of furan rings is 1. The van der Waals surface area contributed by atoms with Crippen molar-refractivity contribution in [1.29, 1.82) is 0 Å². The van der Waals surface area contributed by atoms with E-state index in [0.717, 1.165) is 28.4 Å². The molecule has 0 fully saturated rings. The average Bonchev–Trinajstić information content (AvgIpc) is 3.46. The predicted octanol–water partition coefficient (Wildman–Crippen LogP) is 4.97. The summed E-state index contributed by atoms with van der Waals surface area (Å²) < 4.78 is 7.35. The van der Waals surface area contributed by atoms with Crippen molar-refractivity contribution < 1.29 is 14.0 Å². The number of carbonyl (C=O) groups is 2. The number of nitrogens with one attached hydrogen (secondary N) is 1. The Balaban J connectivity index is 1.29. The zero-order valence-electron chi connectivity index (χ0n) is 18.6. The topological polar surface area (TPSA) is 80.4 Å². The van der Waals surface area contributed by atoms with E-state index in [2.05, 4.69) is 10.4 Å². The highest BCUT2D eigenvalue weighted by Gasteiger charge is 2.26. The number of anilines is 1. The van der Waals surface area contributed by atoms with Gasteiger partial charge in [0.1, 0.15) is 17.3 Å². The fraction of sp³-hybridized carbons (Fsp3) is 0.192. The van der Waals surface area contributed by atoms with Gasteiger partial charge in [0.15, 0.2) is 0 Å². The summed E-state index contributed by atoms with van der Waals surface area (Å²) in [5, 5.41) is 8.20. The fourth-order valence-electron chi connectivity index (χ4n) is 3.98. The molecular formula is C26H23ClN4O3. The molecule has 3 heterocycles. The third kappa shape index (κ3) is 4.61. The van der Waals surface area contributed by atoms with Gasteiger partial charge in [0.05, 0.1) is 25.3 Å². The Hall–Kier alpha value is -3.84. The smallest absolute Gasteiger partial charge is 0.251 e. The first kappa shape index (κ1) is 22.0. The molecule has 5 rings (SSSR count). The summed E-state index contributed by atoms with van der Waals surface area (Å²) >= 11 is 6.00. The van der Waals surface area contributed by atoms with Crippen LogP contribution in [0.4, 0.5) is 5.82 Å². The normalized spacial score (nSPS) is 13.1. The second-order valence-corrected chi connectivity index (χ2v) is 8.68. The minimum Gasteiger partial charge on any atom is -0.465 e. The number of hydrogen-bond donors (Lipinski definition) is 1. The highest BCUT2D eigenvalue weighted by atomic mass is 35.5. The molecule has 1 N–H and O–H groups in total. The molecule has 7 nitrogen and oxygen atoms in total. The van der Waals surface area contributed by atoms with Gasteiger partial charge in [0.2, 0.25) is 5.91 Å². The predicted molar refractivity (Wildman–Crippen MR) is 130 cm³/mol. The highest BCUT2D eigenvalue weighted by molar-refractivity contribution is 6.30. The molecule has 0 saturated heterocycles. The quantitative estimate of drug-likeness (QED) is 0.427. The molecule has 2 aromatic heterocycles. The zero-order chi connectivity index (χ0) is 23.7. The summed E-state index contributed by atoms with van der Waals surface area (Å²) in [5.41, 5.74) is 3.21. The Labute approximate surface area is 201 Å². The number of nitrogens with zero attached hydrogens (tertiary/aromatic N) is 3. The maximum Gasteiger partial charge on any atom is 0.251 e. The van der Waals surface area contributed by atoms with Crippen molar-refractivity contribution in [3.63, 3.8) is 0 Å². The van der Waals surface area contributed by atoms with Crippen LogP contribution >= 0.6 is 11.6 Å². The Morgan fingerprint density at radius 1 is 1.09 bits per heavy atom. The van der Waals surface area contributed by atoms with Gasteiger partial charge >= 0.3 is 0 Å². The summed E-state index contributed by atoms with van der Waals surface area (Å²) in [6.07, 6.45) is 0.390. The molecule has 0 aliphatic carbocycles. The average molecular weight is 475 g/mol. The molecule has 8 heteroatoms. The van der Waals surface area contributed by atoms with Crippen molar-refractivity contribution >= 4 is 29.2 Å². The van der Waals surface area contributed by atoms with E-state index in [-0.39, 0.29) is 11.8 Å². The van der Waals surface area contributed by atoms with Gasteiger partial charge in [-0.25, -0.2) is 4.68 Å². The van der Waals surface area contributed by atoms with Crippen LogP contribution in [-0.4, -0.2) is 21.6 Å². The summed E-state index contributed by atoms with van der Waals surface area (Å²) in [4.78, 5) is 26.9. The minimum atomic E-state index is -0.180. The maximum atomic E-state index is 12.7. The third-order valence-electron chi connectivity index (χ3n) is 5.79. The summed E-state index contributed by atoms with van der Waals surface area (Å²) in [7, 11) is 0. The number of benzene rings is 2. The largest absolute Gasteiger partial charge is 0.465 e. The van der Waals surface area contributed by atoms with E-state index >= 15 is 0 Å². The van der Waals surface area contributed by atoms with Crippen LogP contribution in [0.3, 0.4) is 0 Å². The van der Waals surface area contributed by atoms with Crippen LogP contribution in [0.2, 0.25) is 5.02 Å². The van der Waals surface area contributed by atoms with Crippen LogP contribution in [-0.2, 0) is 24.4 Å². The van der Waals surface area contributed by atoms with Crippen molar-refractivity contribution in [2.45, 2.75) is 33.0 Å². The standard InChI is InChI=1S/C26H23ClN4O3/c1-17-2-11-22(34-17)15-28-26(33)20-5-3-18(4-6-20)16-30-24-14-23(19-7-9-21(27)10-8-19)29-31(24)13-12-25(30)32/h2-11,14H,12-13,15-16H2,1H3,(H,28,33). The van der Waals surface area contributed by atoms with Crippen LogP contribution in [0.25, 0.3) is 11.3 Å². The summed E-state index contributed by atoms with van der Waals surface area (Å²) in [6.45, 7) is 3.14. The SMILES string of the molecule is Cc1ccc(CNC(=O)c2ccc(CN3C(=O)CCn4nc(-c5ccc(Cl)cc5)cc43)cc2)o1. The molecule has 2 aromatic carbocycles. The Morgan fingerprint density at radius 2 is 1.85 bits per heavy atom. The first-order chi connectivity index (χ1) is 16.5. The van der Waals surface area contributed by atoms with Gasteiger partial charge in [-0.15, -0.1) is 0 Å². The minimum absolute atomic E-state index is 0.0469. The molecule has 2 amide bonds. The van der Waals surface area contributed by atoms with Crippen molar-refractivity contribution in [3.05, 3.63) is 94.4 Å². The molecule has 34 heavy (non-hydrogen) atoms. The molecule has 0 radical (unpaired) electrons. The van der Waals surface area contributed by atoms with Gasteiger partial charge in [-0.1, -0.05) is 35.9 Å². The van der Waals surface area contributed by atoms with E-state index < -0.39 is 0 Å². The molecule has 0 unspecified atom stereocenters. The molecular weight excluding hydrogens is 452 g/mol. The number of rotatable bonds is 6. The second-order valence-electron chi connectivity index (χ2n) is 8.24. The zero-order valence-corrected chi connectivity index (χ0v) is 19.4. The highest BCUT2D eigenvalue weighted by Crippen LogP contribution is 2.30. The molecule has 172 valence electrons. The van der Waals surface area contributed by atoms with Gasteiger partial charge in [-0.3, -0.25) is 14.5 Å². The fourth-order valence-corrected chi connectivity index (χ4v) is 4.10. The number of carbonyl (C=O) groups excluding carboxylic acids is 2. The van der Waals surface area contributed by atoms with Crippen LogP contribution < -0.4 is 10.2 Å². The molecule has 1 aliphatic rings. The lowest BCUT2D eigenvalue weighted by Crippen LogP contribution is -2.36. The Bertz CT molecular complexity index is 1340. The number of halogens is 1. The van der Waals surface area contributed by atoms with Crippen molar-refractivity contribution in [3.8, 4) is 11.3 Å². The maximum absolute atomic E-state index is 12.7. The molecule has 0 spiro atoms. The van der Waals surface area contributed by atoms with Crippen molar-refractivity contribution in [2.24, 2.45) is 0 Å². The molecule has 4 aromatic rings. The molecule has 1 aliphatic heterocycles. The number of aryl methyl sites for hydroxylation is 2. The van der Waals surface area contributed by atoms with E-state index in [4.69, 9.17) is 16.0 Å². The Kier molecular flexibility index (Phi) is 5.94. The van der Waals surface area contributed by atoms with Gasteiger partial charge in [0.25, 0.3) is 5.91 Å². The van der Waals surface area contributed by atoms with E-state index in [1.807, 2.05) is 66.2 Å². The van der Waals surface area contributed by atoms with E-state index in [1.165, 1.54) is 0 Å². The van der Waals surface area contributed by atoms with Gasteiger partial charge < -0.3 is 9.73 Å². The van der Waals surface area contributed by atoms with E-state index in [0.29, 0.717) is 42.4 Å². The van der Waals surface area contributed by atoms with Crippen LogP contribution in [0.1, 0.15) is 33.9 Å². The first-order valence-corrected chi connectivity index (χ1v) is 11.4. The van der Waals surface area contributed by atoms with Crippen molar-refractivity contribution in [1.82, 2.24) is 15.1 Å². The van der Waals surface area contributed by atoms with E-state index in [1.54, 1.807) is 17.0 Å². The van der Waals surface area contributed by atoms with Crippen LogP contribution in [0.15, 0.2) is 71.1 Å². The number of fused-ring (bicyclic) bond motifs is 1. The van der Waals surface area contributed by atoms with Crippen LogP contribution in [0.5, 0.6) is 0 Å². The molecule has 0 bridgehead atoms. The third-order valence-corrected chi connectivity index (χ3v) is 6.04. The number of aromatic nitrogens is 2. The lowest BCUT2D eigenvalue weighted by atomic mass is 10.1. The monoisotopic (exact) mass is 474 g/mol. The lowest BCUT2D eigenvalue weighted by Gasteiger charge is -2.27. The number of amides is 2. The van der Waals surface area contributed by atoms with Crippen molar-refractivity contribution in [2.75, 3.05) is 4.90 Å². The number of hydrogen-bond acceptors (Lipinski definition) is 4. The van der Waals surface area contributed by atoms with Gasteiger partial charge in [0, 0.05) is 28.6 Å². The van der Waals surface area contributed by atoms with Gasteiger partial charge in [-0.2, -0.15) is 5.10 Å². The summed E-state index contributed by atoms with van der Waals surface area (Å²) in [6, 6.07) is 20.4. The van der Waals surface area contributed by atoms with Gasteiger partial charge in [-0.05, 0) is 48.9 Å². The molecule has 0 atom stereocenters. The first-order valence-electron chi connectivity index (χ1n) is 11.0.